The molecule has 32 heavy (non-hydrogen) atoms. The Morgan fingerprint density at radius 1 is 1.25 bits per heavy atom. The molecule has 1 fully saturated rings. The molecule has 2 aromatic heterocycles. The van der Waals surface area contributed by atoms with Crippen LogP contribution < -0.4 is 5.32 Å². The van der Waals surface area contributed by atoms with Gasteiger partial charge in [0.15, 0.2) is 0 Å². The van der Waals surface area contributed by atoms with E-state index < -0.39 is 5.41 Å². The number of piperidine rings is 1. The number of nitrogens with one attached hydrogen (secondary N) is 1. The predicted molar refractivity (Wildman–Crippen MR) is 128 cm³/mol. The molecule has 5 nitrogen and oxygen atoms in total. The lowest BCUT2D eigenvalue weighted by Crippen LogP contribution is -2.45. The first-order valence-electron chi connectivity index (χ1n) is 11.7. The third-order valence-electron chi connectivity index (χ3n) is 6.55. The van der Waals surface area contributed by atoms with Crippen LogP contribution in [0.1, 0.15) is 62.2 Å². The molecule has 1 amide bonds. The summed E-state index contributed by atoms with van der Waals surface area (Å²) in [6.45, 7) is 12.9. The number of pyridine rings is 1. The van der Waals surface area contributed by atoms with Crippen LogP contribution in [0, 0.1) is 25.2 Å². The Labute approximate surface area is 191 Å². The molecule has 5 heteroatoms. The van der Waals surface area contributed by atoms with Crippen LogP contribution in [-0.4, -0.2) is 28.9 Å². The number of benzene rings is 1. The van der Waals surface area contributed by atoms with Crippen molar-refractivity contribution in [2.45, 2.75) is 60.0 Å². The first-order valence-corrected chi connectivity index (χ1v) is 11.7. The van der Waals surface area contributed by atoms with E-state index in [4.69, 9.17) is 4.42 Å². The zero-order chi connectivity index (χ0) is 22.9. The summed E-state index contributed by atoms with van der Waals surface area (Å²) < 4.78 is 6.22. The highest BCUT2D eigenvalue weighted by molar-refractivity contribution is 5.83. The number of aryl methyl sites for hydroxylation is 2. The van der Waals surface area contributed by atoms with Crippen molar-refractivity contribution in [2.24, 2.45) is 11.3 Å². The number of rotatable bonds is 5. The summed E-state index contributed by atoms with van der Waals surface area (Å²) in [7, 11) is 0. The van der Waals surface area contributed by atoms with Crippen LogP contribution in [0.2, 0.25) is 0 Å². The van der Waals surface area contributed by atoms with Gasteiger partial charge < -0.3 is 9.73 Å². The quantitative estimate of drug-likeness (QED) is 0.572. The van der Waals surface area contributed by atoms with E-state index in [0.717, 1.165) is 49.5 Å². The van der Waals surface area contributed by atoms with Gasteiger partial charge >= 0.3 is 0 Å². The fourth-order valence-corrected chi connectivity index (χ4v) is 4.60. The van der Waals surface area contributed by atoms with Gasteiger partial charge in [-0.1, -0.05) is 38.5 Å². The maximum Gasteiger partial charge on any atom is 0.225 e. The molecule has 1 N–H and O–H groups in total. The molecule has 0 bridgehead atoms. The largest absolute Gasteiger partial charge is 0.459 e. The first-order chi connectivity index (χ1) is 15.2. The second-order valence-electron chi connectivity index (χ2n) is 10.2. The number of aromatic nitrogens is 1. The fraction of sp³-hybridized carbons (Fsp3) is 0.481. The summed E-state index contributed by atoms with van der Waals surface area (Å²) in [5.74, 6) is 1.41. The maximum atomic E-state index is 12.9. The minimum absolute atomic E-state index is 0.0637. The van der Waals surface area contributed by atoms with Crippen LogP contribution in [0.4, 0.5) is 0 Å². The third-order valence-corrected chi connectivity index (χ3v) is 6.55. The molecule has 1 aliphatic heterocycles. The van der Waals surface area contributed by atoms with E-state index in [2.05, 4.69) is 47.2 Å². The Morgan fingerprint density at radius 3 is 2.78 bits per heavy atom. The van der Waals surface area contributed by atoms with Gasteiger partial charge in [0.2, 0.25) is 5.91 Å². The Kier molecular flexibility index (Phi) is 6.38. The second-order valence-corrected chi connectivity index (χ2v) is 10.2. The van der Waals surface area contributed by atoms with Gasteiger partial charge in [0.1, 0.15) is 11.3 Å². The average Bonchev–Trinajstić information content (AvgIpc) is 3.06. The van der Waals surface area contributed by atoms with Gasteiger partial charge in [-0.2, -0.15) is 0 Å². The van der Waals surface area contributed by atoms with Crippen molar-refractivity contribution >= 4 is 16.9 Å². The molecule has 0 spiro atoms. The van der Waals surface area contributed by atoms with Gasteiger partial charge in [-0.15, -0.1) is 0 Å². The number of amides is 1. The number of carbonyl (C=O) groups is 1. The van der Waals surface area contributed by atoms with E-state index in [0.29, 0.717) is 5.92 Å². The van der Waals surface area contributed by atoms with E-state index in [1.54, 1.807) is 0 Å². The van der Waals surface area contributed by atoms with E-state index in [9.17, 15) is 4.79 Å². The molecule has 0 radical (unpaired) electrons. The third kappa shape index (κ3) is 4.88. The summed E-state index contributed by atoms with van der Waals surface area (Å²) >= 11 is 0. The summed E-state index contributed by atoms with van der Waals surface area (Å²) in [6.07, 6.45) is 3.98. The van der Waals surface area contributed by atoms with Gasteiger partial charge in [0.25, 0.3) is 0 Å². The van der Waals surface area contributed by atoms with Crippen LogP contribution in [0.15, 0.2) is 47.0 Å². The van der Waals surface area contributed by atoms with Crippen molar-refractivity contribution in [1.82, 2.24) is 15.2 Å². The molecule has 1 aromatic carbocycles. The van der Waals surface area contributed by atoms with Crippen molar-refractivity contribution in [2.75, 3.05) is 13.1 Å². The molecule has 170 valence electrons. The minimum atomic E-state index is -0.440. The van der Waals surface area contributed by atoms with Gasteiger partial charge in [0.05, 0.1) is 18.3 Å². The number of hydrogen-bond donors (Lipinski definition) is 1. The predicted octanol–water partition coefficient (Wildman–Crippen LogP) is 5.56. The lowest BCUT2D eigenvalue weighted by Gasteiger charge is -2.37. The lowest BCUT2D eigenvalue weighted by atomic mass is 9.86. The Balaban J connectivity index is 1.54. The Morgan fingerprint density at radius 2 is 2.06 bits per heavy atom. The fourth-order valence-electron chi connectivity index (χ4n) is 4.60. The number of furan rings is 1. The van der Waals surface area contributed by atoms with Gasteiger partial charge in [-0.05, 0) is 69.0 Å². The molecular weight excluding hydrogens is 398 g/mol. The molecule has 1 saturated heterocycles. The van der Waals surface area contributed by atoms with Crippen molar-refractivity contribution in [1.29, 1.82) is 0 Å². The topological polar surface area (TPSA) is 58.4 Å². The summed E-state index contributed by atoms with van der Waals surface area (Å²) in [5.41, 5.74) is 3.94. The molecular formula is C27H35N3O2. The van der Waals surface area contributed by atoms with Crippen molar-refractivity contribution in [3.63, 3.8) is 0 Å². The van der Waals surface area contributed by atoms with E-state index in [-0.39, 0.29) is 11.9 Å². The summed E-state index contributed by atoms with van der Waals surface area (Å²) in [6, 6.07) is 12.2. The monoisotopic (exact) mass is 433 g/mol. The smallest absolute Gasteiger partial charge is 0.225 e. The zero-order valence-corrected chi connectivity index (χ0v) is 19.9. The SMILES string of the molecule is Cc1ccc2oc(CN3CCCC(C(NC(=O)C(C)(C)C)c4ccccn4)C3)c(C)c2c1. The van der Waals surface area contributed by atoms with Crippen LogP contribution in [0.5, 0.6) is 0 Å². The molecule has 3 heterocycles. The van der Waals surface area contributed by atoms with E-state index in [1.807, 2.05) is 45.2 Å². The van der Waals surface area contributed by atoms with Gasteiger partial charge in [0, 0.05) is 23.5 Å². The lowest BCUT2D eigenvalue weighted by molar-refractivity contribution is -0.130. The normalized spacial score (nSPS) is 18.6. The van der Waals surface area contributed by atoms with Crippen molar-refractivity contribution in [3.8, 4) is 0 Å². The second kappa shape index (κ2) is 9.07. The molecule has 0 aliphatic carbocycles. The summed E-state index contributed by atoms with van der Waals surface area (Å²) in [5, 5.41) is 4.52. The maximum absolute atomic E-state index is 12.9. The standard InChI is InChI=1S/C27H35N3O2/c1-18-11-12-23-21(15-18)19(2)24(32-23)17-30-14-8-9-20(16-30)25(22-10-6-7-13-28-22)29-26(31)27(3,4)5/h6-7,10-13,15,20,25H,8-9,14,16-17H2,1-5H3,(H,29,31). The number of hydrogen-bond acceptors (Lipinski definition) is 4. The van der Waals surface area contributed by atoms with E-state index >= 15 is 0 Å². The number of likely N-dealkylation sites (tertiary alicyclic amines) is 1. The van der Waals surface area contributed by atoms with Crippen LogP contribution >= 0.6 is 0 Å². The first kappa shape index (κ1) is 22.5. The van der Waals surface area contributed by atoms with Crippen molar-refractivity contribution in [3.05, 3.63) is 65.2 Å². The molecule has 3 aromatic rings. The van der Waals surface area contributed by atoms with Crippen LogP contribution in [0.3, 0.4) is 0 Å². The van der Waals surface area contributed by atoms with Gasteiger partial charge in [-0.3, -0.25) is 14.7 Å². The number of carbonyl (C=O) groups excluding carboxylic acids is 1. The highest BCUT2D eigenvalue weighted by atomic mass is 16.3. The average molecular weight is 434 g/mol. The molecule has 4 rings (SSSR count). The number of fused-ring (bicyclic) bond motifs is 1. The minimum Gasteiger partial charge on any atom is -0.459 e. The highest BCUT2D eigenvalue weighted by Gasteiger charge is 2.33. The molecule has 2 unspecified atom stereocenters. The Bertz CT molecular complexity index is 1080. The summed E-state index contributed by atoms with van der Waals surface area (Å²) in [4.78, 5) is 19.9. The van der Waals surface area contributed by atoms with Gasteiger partial charge in [-0.25, -0.2) is 0 Å². The van der Waals surface area contributed by atoms with Crippen LogP contribution in [-0.2, 0) is 11.3 Å². The zero-order valence-electron chi connectivity index (χ0n) is 19.9. The molecule has 1 aliphatic rings. The molecule has 2 atom stereocenters. The highest BCUT2D eigenvalue weighted by Crippen LogP contribution is 2.33. The number of nitrogens with zero attached hydrogens (tertiary/aromatic N) is 2. The van der Waals surface area contributed by atoms with E-state index in [1.165, 1.54) is 16.5 Å². The van der Waals surface area contributed by atoms with Crippen molar-refractivity contribution < 1.29 is 9.21 Å². The molecule has 0 saturated carbocycles. The van der Waals surface area contributed by atoms with Crippen LogP contribution in [0.25, 0.3) is 11.0 Å². The Hall–Kier alpha value is -2.66.